The Morgan fingerprint density at radius 2 is 1.92 bits per heavy atom. The molecule has 0 bridgehead atoms. The molecule has 0 spiro atoms. The van der Waals surface area contributed by atoms with Gasteiger partial charge >= 0.3 is 0 Å². The largest absolute Gasteiger partial charge is 0.386 e. The average molecular weight is 341 g/mol. The molecule has 0 aromatic heterocycles. The van der Waals surface area contributed by atoms with Crippen molar-refractivity contribution in [1.82, 2.24) is 5.32 Å². The highest BCUT2D eigenvalue weighted by Crippen LogP contribution is 2.14. The maximum absolute atomic E-state index is 12.1. The first-order chi connectivity index (χ1) is 11.6. The van der Waals surface area contributed by atoms with E-state index < -0.39 is 5.91 Å². The van der Waals surface area contributed by atoms with E-state index in [2.05, 4.69) is 10.6 Å². The summed E-state index contributed by atoms with van der Waals surface area (Å²) in [5, 5.41) is 15.3. The lowest BCUT2D eigenvalue weighted by Gasteiger charge is -2.06. The number of amides is 1. The summed E-state index contributed by atoms with van der Waals surface area (Å²) in [5.74, 6) is -0.483. The van der Waals surface area contributed by atoms with Gasteiger partial charge in [0.15, 0.2) is 0 Å². The number of nitrogens with one attached hydrogen (secondary N) is 2. The fraction of sp³-hybridized carbons (Fsp3) is 0.111. The fourth-order valence-corrected chi connectivity index (χ4v) is 2.14. The molecule has 24 heavy (non-hydrogen) atoms. The number of benzene rings is 2. The molecule has 0 heterocycles. The van der Waals surface area contributed by atoms with E-state index in [1.54, 1.807) is 24.3 Å². The Morgan fingerprint density at radius 3 is 2.58 bits per heavy atom. The predicted octanol–water partition coefficient (Wildman–Crippen LogP) is 2.93. The quantitative estimate of drug-likeness (QED) is 0.557. The van der Waals surface area contributed by atoms with Gasteiger partial charge in [-0.3, -0.25) is 4.79 Å². The molecular weight excluding hydrogens is 324 g/mol. The zero-order chi connectivity index (χ0) is 17.4. The molecule has 0 aliphatic heterocycles. The number of nitrogens with zero attached hydrogens (tertiary/aromatic N) is 1. The summed E-state index contributed by atoms with van der Waals surface area (Å²) < 4.78 is 0. The van der Waals surface area contributed by atoms with Gasteiger partial charge in [-0.1, -0.05) is 35.9 Å². The summed E-state index contributed by atoms with van der Waals surface area (Å²) in [6.45, 7) is 0.962. The van der Waals surface area contributed by atoms with Crippen LogP contribution in [0.25, 0.3) is 0 Å². The molecule has 1 amide bonds. The molecule has 2 aromatic rings. The van der Waals surface area contributed by atoms with Crippen LogP contribution in [0.1, 0.15) is 11.1 Å². The molecule has 6 heteroatoms. The number of rotatable bonds is 6. The third-order valence-corrected chi connectivity index (χ3v) is 3.50. The molecule has 0 aliphatic rings. The number of nitrogens with two attached hydrogens (primary N) is 1. The Balaban J connectivity index is 1.96. The molecule has 0 atom stereocenters. The third-order valence-electron chi connectivity index (χ3n) is 3.25. The maximum Gasteiger partial charge on any atom is 0.267 e. The first-order valence-electron chi connectivity index (χ1n) is 7.31. The lowest BCUT2D eigenvalue weighted by Crippen LogP contribution is -2.16. The van der Waals surface area contributed by atoms with Gasteiger partial charge < -0.3 is 16.4 Å². The summed E-state index contributed by atoms with van der Waals surface area (Å²) >= 11 is 5.79. The highest BCUT2D eigenvalue weighted by molar-refractivity contribution is 6.30. The summed E-state index contributed by atoms with van der Waals surface area (Å²) in [6.07, 6.45) is 1.40. The van der Waals surface area contributed by atoms with Gasteiger partial charge in [-0.15, -0.1) is 0 Å². The highest BCUT2D eigenvalue weighted by atomic mass is 35.5. The van der Waals surface area contributed by atoms with Gasteiger partial charge in [0.2, 0.25) is 0 Å². The Bertz CT molecular complexity index is 778. The van der Waals surface area contributed by atoms with Crippen LogP contribution in [0.2, 0.25) is 5.02 Å². The smallest absolute Gasteiger partial charge is 0.267 e. The average Bonchev–Trinajstić information content (AvgIpc) is 2.61. The second-order valence-corrected chi connectivity index (χ2v) is 5.47. The topological polar surface area (TPSA) is 90.9 Å². The Labute approximate surface area is 145 Å². The van der Waals surface area contributed by atoms with Gasteiger partial charge in [0, 0.05) is 30.0 Å². The first kappa shape index (κ1) is 17.5. The lowest BCUT2D eigenvalue weighted by atomic mass is 10.1. The molecule has 0 fully saturated rings. The van der Waals surface area contributed by atoms with Crippen LogP contribution in [0.4, 0.5) is 5.69 Å². The van der Waals surface area contributed by atoms with Crippen LogP contribution in [0, 0.1) is 11.3 Å². The number of carbonyl (C=O) groups excluding carboxylic acids is 1. The van der Waals surface area contributed by atoms with Crippen molar-refractivity contribution in [3.8, 4) is 6.07 Å². The van der Waals surface area contributed by atoms with E-state index in [0.717, 1.165) is 11.1 Å². The van der Waals surface area contributed by atoms with Crippen molar-refractivity contribution in [2.24, 2.45) is 5.73 Å². The summed E-state index contributed by atoms with van der Waals surface area (Å²) in [6, 6.07) is 16.3. The SMILES string of the molecule is N#C/C(=C/NCc1cccc(CN)c1)C(=O)Nc1ccc(Cl)cc1. The number of anilines is 1. The van der Waals surface area contributed by atoms with Crippen LogP contribution in [0.3, 0.4) is 0 Å². The van der Waals surface area contributed by atoms with Gasteiger partial charge in [-0.25, -0.2) is 0 Å². The maximum atomic E-state index is 12.1. The summed E-state index contributed by atoms with van der Waals surface area (Å²) in [4.78, 5) is 12.1. The Hall–Kier alpha value is -2.81. The molecule has 4 N–H and O–H groups in total. The first-order valence-corrected chi connectivity index (χ1v) is 7.68. The van der Waals surface area contributed by atoms with E-state index in [1.807, 2.05) is 30.3 Å². The molecule has 0 saturated heterocycles. The lowest BCUT2D eigenvalue weighted by molar-refractivity contribution is -0.112. The predicted molar refractivity (Wildman–Crippen MR) is 95.0 cm³/mol. The van der Waals surface area contributed by atoms with E-state index in [4.69, 9.17) is 22.6 Å². The zero-order valence-electron chi connectivity index (χ0n) is 12.9. The number of hydrogen-bond acceptors (Lipinski definition) is 4. The second kappa shape index (κ2) is 8.73. The molecule has 5 nitrogen and oxygen atoms in total. The summed E-state index contributed by atoms with van der Waals surface area (Å²) in [7, 11) is 0. The van der Waals surface area contributed by atoms with Crippen LogP contribution >= 0.6 is 11.6 Å². The van der Waals surface area contributed by atoms with E-state index in [0.29, 0.717) is 23.8 Å². The zero-order valence-corrected chi connectivity index (χ0v) is 13.7. The minimum absolute atomic E-state index is 0.0140. The summed E-state index contributed by atoms with van der Waals surface area (Å²) in [5.41, 5.74) is 8.20. The Kier molecular flexibility index (Phi) is 6.38. The molecular formula is C18H17ClN4O. The molecule has 0 unspecified atom stereocenters. The third kappa shape index (κ3) is 5.13. The van der Waals surface area contributed by atoms with Crippen molar-refractivity contribution in [3.63, 3.8) is 0 Å². The number of halogens is 1. The van der Waals surface area contributed by atoms with Crippen molar-refractivity contribution >= 4 is 23.2 Å². The van der Waals surface area contributed by atoms with E-state index in [9.17, 15) is 4.79 Å². The normalized spacial score (nSPS) is 10.8. The van der Waals surface area contributed by atoms with E-state index >= 15 is 0 Å². The molecule has 122 valence electrons. The minimum atomic E-state index is -0.483. The molecule has 2 rings (SSSR count). The number of carbonyl (C=O) groups is 1. The van der Waals surface area contributed by atoms with Crippen LogP contribution < -0.4 is 16.4 Å². The van der Waals surface area contributed by atoms with Crippen molar-refractivity contribution in [2.45, 2.75) is 13.1 Å². The van der Waals surface area contributed by atoms with Gasteiger partial charge in [-0.05, 0) is 35.4 Å². The molecule has 2 aromatic carbocycles. The van der Waals surface area contributed by atoms with Crippen molar-refractivity contribution < 1.29 is 4.79 Å². The van der Waals surface area contributed by atoms with Gasteiger partial charge in [0.05, 0.1) is 0 Å². The van der Waals surface area contributed by atoms with Gasteiger partial charge in [0.25, 0.3) is 5.91 Å². The van der Waals surface area contributed by atoms with Crippen molar-refractivity contribution in [3.05, 3.63) is 76.5 Å². The van der Waals surface area contributed by atoms with Crippen LogP contribution in [-0.4, -0.2) is 5.91 Å². The standard InChI is InChI=1S/C18H17ClN4O/c19-16-4-6-17(7-5-16)23-18(24)15(10-21)12-22-11-14-3-1-2-13(8-14)9-20/h1-8,12,22H,9,11,20H2,(H,23,24)/b15-12-. The van der Waals surface area contributed by atoms with Gasteiger partial charge in [0.1, 0.15) is 11.6 Å². The van der Waals surface area contributed by atoms with E-state index in [-0.39, 0.29) is 5.57 Å². The number of hydrogen-bond donors (Lipinski definition) is 3. The number of nitriles is 1. The second-order valence-electron chi connectivity index (χ2n) is 5.04. The monoisotopic (exact) mass is 340 g/mol. The van der Waals surface area contributed by atoms with Crippen molar-refractivity contribution in [2.75, 3.05) is 5.32 Å². The molecule has 0 saturated carbocycles. The van der Waals surface area contributed by atoms with Crippen LogP contribution in [0.5, 0.6) is 0 Å². The molecule has 0 aliphatic carbocycles. The van der Waals surface area contributed by atoms with E-state index in [1.165, 1.54) is 6.20 Å². The molecule has 0 radical (unpaired) electrons. The van der Waals surface area contributed by atoms with Crippen LogP contribution in [-0.2, 0) is 17.9 Å². The van der Waals surface area contributed by atoms with Gasteiger partial charge in [-0.2, -0.15) is 5.26 Å². The minimum Gasteiger partial charge on any atom is -0.386 e. The fourth-order valence-electron chi connectivity index (χ4n) is 2.02. The van der Waals surface area contributed by atoms with Crippen molar-refractivity contribution in [1.29, 1.82) is 5.26 Å². The highest BCUT2D eigenvalue weighted by Gasteiger charge is 2.09. The Morgan fingerprint density at radius 1 is 1.21 bits per heavy atom. The van der Waals surface area contributed by atoms with Crippen LogP contribution in [0.15, 0.2) is 60.3 Å².